The molecule has 0 saturated carbocycles. The Hall–Kier alpha value is -3.59. The molecule has 34 heavy (non-hydrogen) atoms. The Balaban J connectivity index is 1.70. The molecule has 4 rings (SSSR count). The fourth-order valence-electron chi connectivity index (χ4n) is 4.20. The Morgan fingerprint density at radius 2 is 1.56 bits per heavy atom. The van der Waals surface area contributed by atoms with Gasteiger partial charge in [-0.15, -0.1) is 0 Å². The van der Waals surface area contributed by atoms with E-state index in [1.807, 2.05) is 42.8 Å². The van der Waals surface area contributed by atoms with Gasteiger partial charge < -0.3 is 14.4 Å². The van der Waals surface area contributed by atoms with Gasteiger partial charge in [-0.05, 0) is 31.5 Å². The summed E-state index contributed by atoms with van der Waals surface area (Å²) in [5, 5.41) is 1.72. The molecule has 0 bridgehead atoms. The van der Waals surface area contributed by atoms with Crippen LogP contribution >= 0.6 is 0 Å². The highest BCUT2D eigenvalue weighted by Crippen LogP contribution is 2.46. The number of nitrogens with one attached hydrogen (secondary N) is 1. The fraction of sp³-hybridized carbons (Fsp3) is 0.280. The van der Waals surface area contributed by atoms with Crippen molar-refractivity contribution < 1.29 is 27.5 Å². The minimum absolute atomic E-state index is 0.0874. The highest BCUT2D eigenvalue weighted by atomic mass is 32.2. The molecule has 1 N–H and O–H groups in total. The minimum Gasteiger partial charge on any atom is -0.493 e. The summed E-state index contributed by atoms with van der Waals surface area (Å²) in [5.41, 5.74) is 2.57. The summed E-state index contributed by atoms with van der Waals surface area (Å²) in [7, 11) is -3.61. The number of rotatable bonds is 8. The Bertz CT molecular complexity index is 1370. The van der Waals surface area contributed by atoms with Crippen LogP contribution in [0.1, 0.15) is 35.3 Å². The van der Waals surface area contributed by atoms with Gasteiger partial charge in [0.15, 0.2) is 0 Å². The van der Waals surface area contributed by atoms with Gasteiger partial charge in [-0.3, -0.25) is 14.3 Å². The molecule has 0 atom stereocenters. The number of ether oxygens (including phenoxy) is 2. The first-order valence-corrected chi connectivity index (χ1v) is 12.9. The summed E-state index contributed by atoms with van der Waals surface area (Å²) in [6.45, 7) is 4.99. The summed E-state index contributed by atoms with van der Waals surface area (Å²) in [4.78, 5) is 27.1. The van der Waals surface area contributed by atoms with Gasteiger partial charge in [0.25, 0.3) is 5.91 Å². The van der Waals surface area contributed by atoms with Crippen LogP contribution in [0.2, 0.25) is 0 Å². The normalized spacial score (nSPS) is 13.1. The molecule has 1 heterocycles. The number of nitrogens with zero attached hydrogens (tertiary/aromatic N) is 1. The topological polar surface area (TPSA) is 102 Å². The van der Waals surface area contributed by atoms with Crippen LogP contribution in [-0.2, 0) is 27.8 Å². The summed E-state index contributed by atoms with van der Waals surface area (Å²) < 4.78 is 36.4. The molecule has 3 aromatic rings. The second kappa shape index (κ2) is 9.34. The Labute approximate surface area is 198 Å². The first kappa shape index (κ1) is 23.6. The predicted octanol–water partition coefficient (Wildman–Crippen LogP) is 3.42. The molecule has 0 saturated heterocycles. The van der Waals surface area contributed by atoms with E-state index in [-0.39, 0.29) is 12.3 Å². The Morgan fingerprint density at radius 3 is 2.15 bits per heavy atom. The van der Waals surface area contributed by atoms with E-state index >= 15 is 0 Å². The van der Waals surface area contributed by atoms with Gasteiger partial charge in [-0.2, -0.15) is 0 Å². The molecule has 0 aromatic heterocycles. The van der Waals surface area contributed by atoms with Gasteiger partial charge in [0.2, 0.25) is 15.9 Å². The van der Waals surface area contributed by atoms with Crippen LogP contribution in [0.15, 0.2) is 48.5 Å². The van der Waals surface area contributed by atoms with Crippen molar-refractivity contribution in [3.05, 3.63) is 65.2 Å². The van der Waals surface area contributed by atoms with E-state index in [1.165, 1.54) is 0 Å². The maximum absolute atomic E-state index is 13.6. The van der Waals surface area contributed by atoms with Crippen molar-refractivity contribution in [3.8, 4) is 11.5 Å². The largest absolute Gasteiger partial charge is 0.493 e. The van der Waals surface area contributed by atoms with E-state index in [1.54, 1.807) is 29.2 Å². The Kier molecular flexibility index (Phi) is 6.47. The van der Waals surface area contributed by atoms with E-state index in [9.17, 15) is 18.0 Å². The molecule has 0 aliphatic carbocycles. The molecule has 2 amide bonds. The Morgan fingerprint density at radius 1 is 0.971 bits per heavy atom. The number of hydrogen-bond donors (Lipinski definition) is 1. The average molecular weight is 483 g/mol. The van der Waals surface area contributed by atoms with Gasteiger partial charge in [0, 0.05) is 22.0 Å². The number of carbonyl (C=O) groups excluding carboxylic acids is 2. The van der Waals surface area contributed by atoms with E-state index in [4.69, 9.17) is 9.47 Å². The van der Waals surface area contributed by atoms with Crippen molar-refractivity contribution >= 4 is 38.3 Å². The zero-order valence-electron chi connectivity index (χ0n) is 19.3. The van der Waals surface area contributed by atoms with Crippen LogP contribution in [0.25, 0.3) is 10.8 Å². The number of sulfonamides is 1. The van der Waals surface area contributed by atoms with Gasteiger partial charge in [-0.1, -0.05) is 36.4 Å². The van der Waals surface area contributed by atoms with Gasteiger partial charge in [0.1, 0.15) is 11.5 Å². The van der Waals surface area contributed by atoms with Gasteiger partial charge >= 0.3 is 0 Å². The van der Waals surface area contributed by atoms with E-state index in [0.29, 0.717) is 48.1 Å². The van der Waals surface area contributed by atoms with Crippen molar-refractivity contribution in [2.45, 2.75) is 26.8 Å². The van der Waals surface area contributed by atoms with Crippen LogP contribution in [-0.4, -0.2) is 39.7 Å². The number of hydrogen-bond acceptors (Lipinski definition) is 6. The predicted molar refractivity (Wildman–Crippen MR) is 130 cm³/mol. The summed E-state index contributed by atoms with van der Waals surface area (Å²) >= 11 is 0. The lowest BCUT2D eigenvalue weighted by Crippen LogP contribution is -2.30. The third-order valence-corrected chi connectivity index (χ3v) is 6.08. The van der Waals surface area contributed by atoms with E-state index in [2.05, 4.69) is 0 Å². The molecule has 0 spiro atoms. The highest BCUT2D eigenvalue weighted by Gasteiger charge is 2.36. The molecular weight excluding hydrogens is 456 g/mol. The monoisotopic (exact) mass is 482 g/mol. The summed E-state index contributed by atoms with van der Waals surface area (Å²) in [6, 6.07) is 14.6. The number of fused-ring (bicyclic) bond motifs is 2. The molecule has 1 aliphatic rings. The average Bonchev–Trinajstić information content (AvgIpc) is 3.12. The van der Waals surface area contributed by atoms with Gasteiger partial charge in [0.05, 0.1) is 38.0 Å². The molecule has 0 unspecified atom stereocenters. The van der Waals surface area contributed by atoms with Crippen molar-refractivity contribution in [2.75, 3.05) is 24.4 Å². The number of carbonyl (C=O) groups is 2. The third-order valence-electron chi connectivity index (χ3n) is 5.48. The molecule has 8 nitrogen and oxygen atoms in total. The number of amides is 2. The fourth-order valence-corrected chi connectivity index (χ4v) is 4.69. The molecule has 1 aliphatic heterocycles. The molecule has 3 aromatic carbocycles. The van der Waals surface area contributed by atoms with Gasteiger partial charge in [-0.25, -0.2) is 8.42 Å². The molecule has 9 heteroatoms. The molecule has 0 fully saturated rings. The second-order valence-electron chi connectivity index (χ2n) is 7.96. The van der Waals surface area contributed by atoms with Crippen LogP contribution < -0.4 is 19.1 Å². The SMILES string of the molecule is CCOc1c2c(c(OCC)c3ccccc13)C(=O)N(c1ccc(CC(=O)NS(C)(=O)=O)cc1)C2. The zero-order valence-corrected chi connectivity index (χ0v) is 20.1. The maximum Gasteiger partial charge on any atom is 0.262 e. The van der Waals surface area contributed by atoms with E-state index < -0.39 is 15.9 Å². The lowest BCUT2D eigenvalue weighted by molar-refractivity contribution is -0.118. The zero-order chi connectivity index (χ0) is 24.5. The minimum atomic E-state index is -3.61. The van der Waals surface area contributed by atoms with Crippen LogP contribution in [0.3, 0.4) is 0 Å². The maximum atomic E-state index is 13.6. The second-order valence-corrected chi connectivity index (χ2v) is 9.70. The highest BCUT2D eigenvalue weighted by molar-refractivity contribution is 7.89. The first-order chi connectivity index (χ1) is 16.2. The third kappa shape index (κ3) is 4.56. The van der Waals surface area contributed by atoms with Crippen LogP contribution in [0.5, 0.6) is 11.5 Å². The van der Waals surface area contributed by atoms with Crippen LogP contribution in [0.4, 0.5) is 5.69 Å². The van der Waals surface area contributed by atoms with Crippen molar-refractivity contribution in [1.29, 1.82) is 0 Å². The number of benzene rings is 3. The lowest BCUT2D eigenvalue weighted by atomic mass is 9.99. The van der Waals surface area contributed by atoms with Crippen molar-refractivity contribution in [3.63, 3.8) is 0 Å². The van der Waals surface area contributed by atoms with Crippen molar-refractivity contribution in [1.82, 2.24) is 4.72 Å². The quantitative estimate of drug-likeness (QED) is 0.528. The molecule has 178 valence electrons. The molecular formula is C25H26N2O6S. The van der Waals surface area contributed by atoms with Crippen molar-refractivity contribution in [2.24, 2.45) is 0 Å². The number of anilines is 1. The molecule has 0 radical (unpaired) electrons. The summed E-state index contributed by atoms with van der Waals surface area (Å²) in [5.74, 6) is 0.432. The smallest absolute Gasteiger partial charge is 0.262 e. The van der Waals surface area contributed by atoms with Crippen LogP contribution in [0, 0.1) is 0 Å². The lowest BCUT2D eigenvalue weighted by Gasteiger charge is -2.16. The first-order valence-electron chi connectivity index (χ1n) is 11.0. The van der Waals surface area contributed by atoms with E-state index in [0.717, 1.165) is 22.6 Å². The summed E-state index contributed by atoms with van der Waals surface area (Å²) in [6.07, 6.45) is 0.844. The standard InChI is InChI=1S/C25H26N2O6S/c1-4-32-23-18-8-6-7-9-19(18)24(33-5-2)22-20(23)15-27(25(22)29)17-12-10-16(11-13-17)14-21(28)26-34(3,30)31/h6-13H,4-5,14-15H2,1-3H3,(H,26,28).